The molecule has 0 saturated heterocycles. The first kappa shape index (κ1) is 10.9. The topological polar surface area (TPSA) is 78.2 Å². The van der Waals surface area contributed by atoms with Gasteiger partial charge in [-0.2, -0.15) is 5.26 Å². The van der Waals surface area contributed by atoms with Crippen molar-refractivity contribution in [1.82, 2.24) is 0 Å². The van der Waals surface area contributed by atoms with Gasteiger partial charge < -0.3 is 5.11 Å². The molecule has 0 aromatic heterocycles. The van der Waals surface area contributed by atoms with Crippen molar-refractivity contribution in [3.8, 4) is 6.07 Å². The molecule has 1 aromatic carbocycles. The van der Waals surface area contributed by atoms with Crippen molar-refractivity contribution in [2.75, 3.05) is 0 Å². The molecule has 15 heavy (non-hydrogen) atoms. The van der Waals surface area contributed by atoms with E-state index in [4.69, 9.17) is 10.4 Å². The lowest BCUT2D eigenvalue weighted by Crippen LogP contribution is -2.06. The summed E-state index contributed by atoms with van der Waals surface area (Å²) in [4.78, 5) is 21.5. The fraction of sp³-hybridized carbons (Fsp3) is 0.182. The second kappa shape index (κ2) is 4.38. The summed E-state index contributed by atoms with van der Waals surface area (Å²) in [6, 6.07) is 4.57. The third-order valence-electron chi connectivity index (χ3n) is 2.17. The van der Waals surface area contributed by atoms with Crippen molar-refractivity contribution in [2.24, 2.45) is 0 Å². The summed E-state index contributed by atoms with van der Waals surface area (Å²) in [6.07, 6.45) is 0.968. The van der Waals surface area contributed by atoms with E-state index < -0.39 is 5.97 Å². The molecule has 0 aliphatic carbocycles. The molecule has 4 nitrogen and oxygen atoms in total. The molecule has 0 radical (unpaired) electrons. The molecule has 0 heterocycles. The summed E-state index contributed by atoms with van der Waals surface area (Å²) < 4.78 is 0. The number of carboxylic acids is 1. The molecule has 0 aliphatic heterocycles. The van der Waals surface area contributed by atoms with E-state index in [0.717, 1.165) is 0 Å². The van der Waals surface area contributed by atoms with Gasteiger partial charge in [0, 0.05) is 5.56 Å². The van der Waals surface area contributed by atoms with Gasteiger partial charge in [-0.15, -0.1) is 0 Å². The molecular formula is C11H9NO3. The maximum atomic E-state index is 10.9. The molecule has 1 aromatic rings. The Labute approximate surface area is 86.8 Å². The normalized spacial score (nSPS) is 9.33. The lowest BCUT2D eigenvalue weighted by atomic mass is 9.95. The molecule has 0 saturated carbocycles. The van der Waals surface area contributed by atoms with Crippen LogP contribution < -0.4 is 0 Å². The smallest absolute Gasteiger partial charge is 0.336 e. The molecule has 0 spiro atoms. The van der Waals surface area contributed by atoms with Crippen molar-refractivity contribution in [2.45, 2.75) is 13.3 Å². The van der Waals surface area contributed by atoms with Crippen molar-refractivity contribution >= 4 is 12.3 Å². The van der Waals surface area contributed by atoms with E-state index in [1.54, 1.807) is 6.92 Å². The van der Waals surface area contributed by atoms with Crippen molar-refractivity contribution in [1.29, 1.82) is 5.26 Å². The zero-order chi connectivity index (χ0) is 11.4. The minimum atomic E-state index is -1.08. The van der Waals surface area contributed by atoms with Gasteiger partial charge in [-0.25, -0.2) is 4.79 Å². The molecular weight excluding hydrogens is 194 g/mol. The summed E-state index contributed by atoms with van der Waals surface area (Å²) in [5.41, 5.74) is 0.890. The van der Waals surface area contributed by atoms with Crippen LogP contribution in [0.3, 0.4) is 0 Å². The van der Waals surface area contributed by atoms with Crippen LogP contribution in [0.15, 0.2) is 12.1 Å². The van der Waals surface area contributed by atoms with Gasteiger partial charge in [-0.3, -0.25) is 4.79 Å². The fourth-order valence-electron chi connectivity index (χ4n) is 1.46. The third-order valence-corrected chi connectivity index (χ3v) is 2.17. The molecule has 0 fully saturated rings. The SMILES string of the molecule is CCc1c(C(=O)O)ccc(C=O)c1C#N. The molecule has 0 unspecified atom stereocenters. The number of hydrogen-bond donors (Lipinski definition) is 1. The number of rotatable bonds is 3. The van der Waals surface area contributed by atoms with E-state index >= 15 is 0 Å². The number of carbonyl (C=O) groups is 2. The maximum Gasteiger partial charge on any atom is 0.336 e. The lowest BCUT2D eigenvalue weighted by Gasteiger charge is -2.07. The number of benzene rings is 1. The highest BCUT2D eigenvalue weighted by molar-refractivity contribution is 5.92. The van der Waals surface area contributed by atoms with Crippen LogP contribution in [0.1, 0.15) is 38.8 Å². The van der Waals surface area contributed by atoms with Gasteiger partial charge in [0.2, 0.25) is 0 Å². The van der Waals surface area contributed by atoms with Crippen LogP contribution >= 0.6 is 0 Å². The highest BCUT2D eigenvalue weighted by Crippen LogP contribution is 2.18. The quantitative estimate of drug-likeness (QED) is 0.757. The number of carboxylic acid groups (broad SMARTS) is 1. The minimum absolute atomic E-state index is 0.0830. The second-order valence-corrected chi connectivity index (χ2v) is 2.94. The number of carbonyl (C=O) groups excluding carboxylic acids is 1. The Kier molecular flexibility index (Phi) is 3.19. The van der Waals surface area contributed by atoms with Gasteiger partial charge in [0.1, 0.15) is 6.07 Å². The Morgan fingerprint density at radius 3 is 2.67 bits per heavy atom. The van der Waals surface area contributed by atoms with Crippen LogP contribution in [-0.2, 0) is 6.42 Å². The average molecular weight is 203 g/mol. The van der Waals surface area contributed by atoms with E-state index in [1.165, 1.54) is 12.1 Å². The number of nitrogens with zero attached hydrogens (tertiary/aromatic N) is 1. The summed E-state index contributed by atoms with van der Waals surface area (Å²) in [6.45, 7) is 1.75. The lowest BCUT2D eigenvalue weighted by molar-refractivity contribution is 0.0695. The maximum absolute atomic E-state index is 10.9. The van der Waals surface area contributed by atoms with Crippen LogP contribution in [0.4, 0.5) is 0 Å². The Hall–Kier alpha value is -2.15. The summed E-state index contributed by atoms with van der Waals surface area (Å²) in [5.74, 6) is -1.08. The summed E-state index contributed by atoms with van der Waals surface area (Å²) >= 11 is 0. The first-order valence-corrected chi connectivity index (χ1v) is 4.40. The first-order chi connectivity index (χ1) is 7.15. The largest absolute Gasteiger partial charge is 0.478 e. The van der Waals surface area contributed by atoms with Crippen LogP contribution in [0.2, 0.25) is 0 Å². The van der Waals surface area contributed by atoms with Gasteiger partial charge in [0.15, 0.2) is 6.29 Å². The van der Waals surface area contributed by atoms with Crippen LogP contribution in [-0.4, -0.2) is 17.4 Å². The minimum Gasteiger partial charge on any atom is -0.478 e. The molecule has 0 bridgehead atoms. The number of nitriles is 1. The van der Waals surface area contributed by atoms with Crippen LogP contribution in [0.5, 0.6) is 0 Å². The van der Waals surface area contributed by atoms with Crippen LogP contribution in [0, 0.1) is 11.3 Å². The van der Waals surface area contributed by atoms with E-state index in [2.05, 4.69) is 0 Å². The van der Waals surface area contributed by atoms with Crippen molar-refractivity contribution in [3.63, 3.8) is 0 Å². The van der Waals surface area contributed by atoms with Gasteiger partial charge in [0.05, 0.1) is 11.1 Å². The molecule has 76 valence electrons. The van der Waals surface area contributed by atoms with E-state index in [-0.39, 0.29) is 16.7 Å². The Bertz CT molecular complexity index is 458. The predicted molar refractivity (Wildman–Crippen MR) is 52.9 cm³/mol. The molecule has 0 atom stereocenters. The van der Waals surface area contributed by atoms with Gasteiger partial charge in [-0.1, -0.05) is 6.92 Å². The van der Waals surface area contributed by atoms with E-state index in [1.807, 2.05) is 6.07 Å². The molecule has 1 rings (SSSR count). The van der Waals surface area contributed by atoms with Gasteiger partial charge >= 0.3 is 5.97 Å². The number of aldehydes is 1. The molecule has 0 aliphatic rings. The van der Waals surface area contributed by atoms with E-state index in [0.29, 0.717) is 18.3 Å². The summed E-state index contributed by atoms with van der Waals surface area (Å²) in [7, 11) is 0. The number of aromatic carboxylic acids is 1. The zero-order valence-corrected chi connectivity index (χ0v) is 8.15. The zero-order valence-electron chi connectivity index (χ0n) is 8.15. The monoisotopic (exact) mass is 203 g/mol. The summed E-state index contributed by atoms with van der Waals surface area (Å²) in [5, 5.41) is 17.7. The predicted octanol–water partition coefficient (Wildman–Crippen LogP) is 1.63. The standard InChI is InChI=1S/C11H9NO3/c1-2-8-9(11(14)15)4-3-7(6-13)10(8)5-12/h3-4,6H,2H2,1H3,(H,14,15). The Balaban J connectivity index is 3.56. The van der Waals surface area contributed by atoms with E-state index in [9.17, 15) is 9.59 Å². The van der Waals surface area contributed by atoms with Crippen LogP contribution in [0.25, 0.3) is 0 Å². The third kappa shape index (κ3) is 1.86. The molecule has 4 heteroatoms. The highest BCUT2D eigenvalue weighted by atomic mass is 16.4. The van der Waals surface area contributed by atoms with Crippen molar-refractivity contribution in [3.05, 3.63) is 34.4 Å². The van der Waals surface area contributed by atoms with Crippen molar-refractivity contribution < 1.29 is 14.7 Å². The number of hydrogen-bond acceptors (Lipinski definition) is 3. The Morgan fingerprint density at radius 2 is 2.27 bits per heavy atom. The average Bonchev–Trinajstić information content (AvgIpc) is 2.26. The van der Waals surface area contributed by atoms with Gasteiger partial charge in [0.25, 0.3) is 0 Å². The van der Waals surface area contributed by atoms with Gasteiger partial charge in [-0.05, 0) is 24.1 Å². The highest BCUT2D eigenvalue weighted by Gasteiger charge is 2.15. The second-order valence-electron chi connectivity index (χ2n) is 2.94. The first-order valence-electron chi connectivity index (χ1n) is 4.40. The molecule has 0 amide bonds. The fourth-order valence-corrected chi connectivity index (χ4v) is 1.46. The Morgan fingerprint density at radius 1 is 1.60 bits per heavy atom. The molecule has 1 N–H and O–H groups in total.